The number of hydrogen-bond acceptors (Lipinski definition) is 0. The zero-order valence-electron chi connectivity index (χ0n) is 6.79. The lowest BCUT2D eigenvalue weighted by Gasteiger charge is -2.05. The average molecular weight is 270 g/mol. The molecule has 0 aliphatic rings. The highest BCUT2D eigenvalue weighted by Crippen LogP contribution is 2.26. The van der Waals surface area contributed by atoms with E-state index in [1.54, 1.807) is 6.07 Å². The average Bonchev–Trinajstić information content (AvgIpc) is 2.12. The Hall–Kier alpha value is -0.150. The van der Waals surface area contributed by atoms with Gasteiger partial charge < -0.3 is 0 Å². The maximum Gasteiger partial charge on any atom is 0.142 e. The summed E-state index contributed by atoms with van der Waals surface area (Å²) in [5.41, 5.74) is 0.383. The van der Waals surface area contributed by atoms with E-state index in [-0.39, 0.29) is 5.82 Å². The predicted octanol–water partition coefficient (Wildman–Crippen LogP) is 4.14. The van der Waals surface area contributed by atoms with E-state index in [0.717, 1.165) is 0 Å². The number of alkyl halides is 1. The van der Waals surface area contributed by atoms with Crippen molar-refractivity contribution >= 4 is 27.5 Å². The molecular weight excluding hydrogens is 261 g/mol. The van der Waals surface area contributed by atoms with E-state index in [1.807, 2.05) is 0 Å². The van der Waals surface area contributed by atoms with Crippen LogP contribution in [-0.4, -0.2) is 6.67 Å². The summed E-state index contributed by atoms with van der Waals surface area (Å²) in [7, 11) is 0. The van der Waals surface area contributed by atoms with Gasteiger partial charge in [-0.15, -0.1) is 0 Å². The third kappa shape index (κ3) is 2.64. The van der Waals surface area contributed by atoms with E-state index in [0.29, 0.717) is 27.9 Å². The molecule has 1 aromatic rings. The summed E-state index contributed by atoms with van der Waals surface area (Å²) in [6, 6.07) is 3.14. The third-order valence-electron chi connectivity index (χ3n) is 1.70. The van der Waals surface area contributed by atoms with Crippen LogP contribution in [0.3, 0.4) is 0 Å². The molecule has 0 bridgehead atoms. The fraction of sp³-hybridized carbons (Fsp3) is 0.333. The Kier molecular flexibility index (Phi) is 4.13. The summed E-state index contributed by atoms with van der Waals surface area (Å²) in [6.07, 6.45) is 0.633. The zero-order chi connectivity index (χ0) is 9.84. The molecule has 0 aromatic heterocycles. The normalized spacial score (nSPS) is 10.5. The van der Waals surface area contributed by atoms with Crippen LogP contribution in [0.2, 0.25) is 5.02 Å². The van der Waals surface area contributed by atoms with Gasteiger partial charge in [0.15, 0.2) is 0 Å². The zero-order valence-corrected chi connectivity index (χ0v) is 9.13. The molecule has 0 atom stereocenters. The van der Waals surface area contributed by atoms with Gasteiger partial charge in [-0.1, -0.05) is 11.6 Å². The monoisotopic (exact) mass is 268 g/mol. The molecule has 0 fully saturated rings. The first kappa shape index (κ1) is 10.9. The van der Waals surface area contributed by atoms with Crippen LogP contribution in [0.1, 0.15) is 12.0 Å². The van der Waals surface area contributed by atoms with Crippen molar-refractivity contribution in [2.75, 3.05) is 6.67 Å². The fourth-order valence-electron chi connectivity index (χ4n) is 1.04. The van der Waals surface area contributed by atoms with E-state index in [1.165, 1.54) is 6.07 Å². The van der Waals surface area contributed by atoms with Crippen molar-refractivity contribution in [1.82, 2.24) is 0 Å². The lowest BCUT2D eigenvalue weighted by molar-refractivity contribution is 0.469. The molecule has 0 saturated heterocycles. The molecule has 0 nitrogen and oxygen atoms in total. The molecule has 1 aromatic carbocycles. The molecule has 0 aliphatic heterocycles. The molecule has 0 unspecified atom stereocenters. The van der Waals surface area contributed by atoms with Gasteiger partial charge in [-0.25, -0.2) is 4.39 Å². The highest BCUT2D eigenvalue weighted by molar-refractivity contribution is 9.10. The van der Waals surface area contributed by atoms with Crippen LogP contribution in [-0.2, 0) is 6.42 Å². The number of hydrogen-bond donors (Lipinski definition) is 0. The molecule has 0 heterocycles. The molecule has 72 valence electrons. The Bertz CT molecular complexity index is 302. The van der Waals surface area contributed by atoms with Crippen molar-refractivity contribution in [3.63, 3.8) is 0 Å². The number of rotatable bonds is 3. The number of halogens is 4. The minimum atomic E-state index is -0.456. The second-order valence-corrected chi connectivity index (χ2v) is 3.88. The summed E-state index contributed by atoms with van der Waals surface area (Å²) in [5.74, 6) is -0.388. The maximum absolute atomic E-state index is 13.3. The van der Waals surface area contributed by atoms with Crippen molar-refractivity contribution in [2.45, 2.75) is 12.8 Å². The molecule has 0 spiro atoms. The summed E-state index contributed by atoms with van der Waals surface area (Å²) in [5, 5.41) is 0.356. The van der Waals surface area contributed by atoms with E-state index >= 15 is 0 Å². The Morgan fingerprint density at radius 3 is 2.69 bits per heavy atom. The molecule has 0 N–H and O–H groups in total. The topological polar surface area (TPSA) is 0 Å². The summed E-state index contributed by atoms with van der Waals surface area (Å²) < 4.78 is 25.6. The third-order valence-corrected chi connectivity index (χ3v) is 2.67. The fourth-order valence-corrected chi connectivity index (χ4v) is 1.65. The van der Waals surface area contributed by atoms with Gasteiger partial charge in [0.25, 0.3) is 0 Å². The van der Waals surface area contributed by atoms with E-state index in [4.69, 9.17) is 11.6 Å². The van der Waals surface area contributed by atoms with Crippen molar-refractivity contribution in [3.05, 3.63) is 33.0 Å². The van der Waals surface area contributed by atoms with E-state index < -0.39 is 6.67 Å². The standard InChI is InChI=1S/C9H8BrClF2/c10-7-3-4-8(11)6(9(7)13)2-1-5-12/h3-4H,1-2,5H2. The molecule has 0 amide bonds. The molecule has 1 rings (SSSR count). The molecular formula is C9H8BrClF2. The van der Waals surface area contributed by atoms with Crippen molar-refractivity contribution in [2.24, 2.45) is 0 Å². The van der Waals surface area contributed by atoms with E-state index in [2.05, 4.69) is 15.9 Å². The van der Waals surface area contributed by atoms with Gasteiger partial charge in [0.1, 0.15) is 5.82 Å². The smallest absolute Gasteiger partial charge is 0.142 e. The van der Waals surface area contributed by atoms with Gasteiger partial charge in [-0.3, -0.25) is 4.39 Å². The highest BCUT2D eigenvalue weighted by atomic mass is 79.9. The first-order chi connectivity index (χ1) is 6.16. The van der Waals surface area contributed by atoms with Crippen LogP contribution < -0.4 is 0 Å². The Morgan fingerprint density at radius 1 is 1.38 bits per heavy atom. The van der Waals surface area contributed by atoms with Crippen molar-refractivity contribution in [3.8, 4) is 0 Å². The largest absolute Gasteiger partial charge is 0.251 e. The highest BCUT2D eigenvalue weighted by Gasteiger charge is 2.09. The number of benzene rings is 1. The van der Waals surface area contributed by atoms with Crippen molar-refractivity contribution in [1.29, 1.82) is 0 Å². The van der Waals surface area contributed by atoms with Gasteiger partial charge in [0, 0.05) is 10.6 Å². The van der Waals surface area contributed by atoms with Gasteiger partial charge in [-0.2, -0.15) is 0 Å². The maximum atomic E-state index is 13.3. The first-order valence-corrected chi connectivity index (χ1v) is 5.02. The van der Waals surface area contributed by atoms with Gasteiger partial charge in [0.05, 0.1) is 11.1 Å². The van der Waals surface area contributed by atoms with E-state index in [9.17, 15) is 8.78 Å². The van der Waals surface area contributed by atoms with Gasteiger partial charge in [-0.05, 0) is 40.9 Å². The van der Waals surface area contributed by atoms with Gasteiger partial charge in [0.2, 0.25) is 0 Å². The molecule has 0 saturated carbocycles. The first-order valence-electron chi connectivity index (χ1n) is 3.85. The minimum absolute atomic E-state index is 0.299. The summed E-state index contributed by atoms with van der Waals surface area (Å²) in [4.78, 5) is 0. The van der Waals surface area contributed by atoms with Crippen LogP contribution in [0.15, 0.2) is 16.6 Å². The van der Waals surface area contributed by atoms with Crippen LogP contribution in [0.25, 0.3) is 0 Å². The van der Waals surface area contributed by atoms with Gasteiger partial charge >= 0.3 is 0 Å². The SMILES string of the molecule is FCCCc1c(Cl)ccc(Br)c1F. The molecule has 0 aliphatic carbocycles. The predicted molar refractivity (Wildman–Crippen MR) is 53.4 cm³/mol. The summed E-state index contributed by atoms with van der Waals surface area (Å²) >= 11 is 8.80. The lowest BCUT2D eigenvalue weighted by atomic mass is 10.1. The Morgan fingerprint density at radius 2 is 2.08 bits per heavy atom. The second kappa shape index (κ2) is 4.91. The van der Waals surface area contributed by atoms with Crippen LogP contribution in [0.4, 0.5) is 8.78 Å². The summed E-state index contributed by atoms with van der Waals surface area (Å²) in [6.45, 7) is -0.456. The minimum Gasteiger partial charge on any atom is -0.251 e. The molecule has 4 heteroatoms. The van der Waals surface area contributed by atoms with Crippen LogP contribution in [0, 0.1) is 5.82 Å². The Balaban J connectivity index is 2.96. The van der Waals surface area contributed by atoms with Crippen molar-refractivity contribution < 1.29 is 8.78 Å². The van der Waals surface area contributed by atoms with Crippen LogP contribution >= 0.6 is 27.5 Å². The van der Waals surface area contributed by atoms with Crippen LogP contribution in [0.5, 0.6) is 0 Å². The molecule has 0 radical (unpaired) electrons. The second-order valence-electron chi connectivity index (χ2n) is 2.61. The lowest BCUT2D eigenvalue weighted by Crippen LogP contribution is -1.94. The Labute approximate surface area is 89.0 Å². The molecule has 13 heavy (non-hydrogen) atoms. The quantitative estimate of drug-likeness (QED) is 0.723.